The summed E-state index contributed by atoms with van der Waals surface area (Å²) in [4.78, 5) is 17.0. The molecule has 1 heterocycles. The molecule has 1 amide bonds. The number of rotatable bonds is 7. The normalized spacial score (nSPS) is 24.2. The predicted octanol–water partition coefficient (Wildman–Crippen LogP) is 3.79. The summed E-state index contributed by atoms with van der Waals surface area (Å²) >= 11 is 0. The Hall–Kier alpha value is -1.62. The van der Waals surface area contributed by atoms with E-state index >= 15 is 0 Å². The van der Waals surface area contributed by atoms with Crippen molar-refractivity contribution in [2.24, 2.45) is 5.92 Å². The first kappa shape index (κ1) is 17.7. The van der Waals surface area contributed by atoms with Crippen molar-refractivity contribution in [1.82, 2.24) is 4.98 Å². The molecule has 128 valence electrons. The third kappa shape index (κ3) is 4.67. The number of nitrogens with one attached hydrogen (secondary N) is 1. The topological polar surface area (TPSA) is 60.5 Å². The molecule has 2 rings (SSSR count). The molecule has 0 aromatic carbocycles. The van der Waals surface area contributed by atoms with Gasteiger partial charge >= 0.3 is 0 Å². The number of anilines is 1. The molecule has 0 bridgehead atoms. The Morgan fingerprint density at radius 2 is 2.26 bits per heavy atom. The van der Waals surface area contributed by atoms with Crippen LogP contribution in [0.5, 0.6) is 5.88 Å². The molecular formula is C18H28N2O3. The van der Waals surface area contributed by atoms with Crippen molar-refractivity contribution in [3.8, 4) is 5.88 Å². The monoisotopic (exact) mass is 320 g/mol. The number of carbonyl (C=O) groups is 1. The molecule has 0 unspecified atom stereocenters. The van der Waals surface area contributed by atoms with Gasteiger partial charge in [0.15, 0.2) is 0 Å². The fraction of sp³-hybridized carbons (Fsp3) is 0.667. The molecule has 5 nitrogen and oxygen atoms in total. The molecule has 1 saturated carbocycles. The lowest BCUT2D eigenvalue weighted by Crippen LogP contribution is -2.48. The van der Waals surface area contributed by atoms with E-state index in [4.69, 9.17) is 9.47 Å². The van der Waals surface area contributed by atoms with E-state index in [1.54, 1.807) is 12.3 Å². The Morgan fingerprint density at radius 3 is 2.87 bits per heavy atom. The van der Waals surface area contributed by atoms with E-state index in [9.17, 15) is 4.79 Å². The highest BCUT2D eigenvalue weighted by Gasteiger charge is 2.42. The maximum absolute atomic E-state index is 12.8. The minimum Gasteiger partial charge on any atom is -0.478 e. The predicted molar refractivity (Wildman–Crippen MR) is 90.6 cm³/mol. The molecular weight excluding hydrogens is 292 g/mol. The van der Waals surface area contributed by atoms with Crippen LogP contribution in [0.15, 0.2) is 18.3 Å². The maximum Gasteiger partial charge on any atom is 0.256 e. The Morgan fingerprint density at radius 1 is 1.43 bits per heavy atom. The molecule has 1 aromatic heterocycles. The summed E-state index contributed by atoms with van der Waals surface area (Å²) in [6.45, 7) is 7.36. The number of aromatic nitrogens is 1. The number of ether oxygens (including phenoxy) is 2. The van der Waals surface area contributed by atoms with Gasteiger partial charge in [-0.2, -0.15) is 0 Å². The van der Waals surface area contributed by atoms with E-state index in [1.165, 1.54) is 0 Å². The van der Waals surface area contributed by atoms with Gasteiger partial charge in [0, 0.05) is 12.7 Å². The number of amides is 1. The second-order valence-electron chi connectivity index (χ2n) is 6.32. The molecule has 0 aliphatic heterocycles. The van der Waals surface area contributed by atoms with Crippen molar-refractivity contribution in [3.05, 3.63) is 18.3 Å². The number of pyridine rings is 1. The van der Waals surface area contributed by atoms with Gasteiger partial charge in [0.05, 0.1) is 18.5 Å². The SMILES string of the molecule is CCCOc1ccc(NC(=O)[C@]2(OCC)CCC[C@@H](C)C2)cn1. The maximum atomic E-state index is 12.8. The largest absolute Gasteiger partial charge is 0.478 e. The van der Waals surface area contributed by atoms with Crippen molar-refractivity contribution in [2.45, 2.75) is 58.5 Å². The second-order valence-corrected chi connectivity index (χ2v) is 6.32. The van der Waals surface area contributed by atoms with Crippen molar-refractivity contribution >= 4 is 11.6 Å². The Kier molecular flexibility index (Phi) is 6.39. The highest BCUT2D eigenvalue weighted by atomic mass is 16.5. The van der Waals surface area contributed by atoms with Gasteiger partial charge in [-0.25, -0.2) is 4.98 Å². The van der Waals surface area contributed by atoms with Crippen LogP contribution in [0.25, 0.3) is 0 Å². The molecule has 0 spiro atoms. The van der Waals surface area contributed by atoms with Gasteiger partial charge in [0.25, 0.3) is 5.91 Å². The Labute approximate surface area is 138 Å². The highest BCUT2D eigenvalue weighted by molar-refractivity contribution is 5.97. The molecule has 0 radical (unpaired) electrons. The summed E-state index contributed by atoms with van der Waals surface area (Å²) in [7, 11) is 0. The van der Waals surface area contributed by atoms with Crippen molar-refractivity contribution in [2.75, 3.05) is 18.5 Å². The third-order valence-corrected chi connectivity index (χ3v) is 4.24. The van der Waals surface area contributed by atoms with Crippen LogP contribution in [0.4, 0.5) is 5.69 Å². The van der Waals surface area contributed by atoms with Crippen molar-refractivity contribution in [1.29, 1.82) is 0 Å². The van der Waals surface area contributed by atoms with E-state index in [0.717, 1.165) is 32.1 Å². The minimum absolute atomic E-state index is 0.0603. The lowest BCUT2D eigenvalue weighted by atomic mass is 9.78. The minimum atomic E-state index is -0.705. The van der Waals surface area contributed by atoms with Crippen molar-refractivity contribution < 1.29 is 14.3 Å². The van der Waals surface area contributed by atoms with Gasteiger partial charge in [-0.3, -0.25) is 4.79 Å². The van der Waals surface area contributed by atoms with Crippen LogP contribution >= 0.6 is 0 Å². The van der Waals surface area contributed by atoms with Gasteiger partial charge in [-0.1, -0.05) is 20.3 Å². The first-order valence-corrected chi connectivity index (χ1v) is 8.64. The van der Waals surface area contributed by atoms with Gasteiger partial charge < -0.3 is 14.8 Å². The highest BCUT2D eigenvalue weighted by Crippen LogP contribution is 2.36. The zero-order chi connectivity index (χ0) is 16.7. The molecule has 0 saturated heterocycles. The average Bonchev–Trinajstić information content (AvgIpc) is 2.54. The van der Waals surface area contributed by atoms with Crippen LogP contribution in [0.3, 0.4) is 0 Å². The summed E-state index contributed by atoms with van der Waals surface area (Å²) < 4.78 is 11.3. The number of nitrogens with zero attached hydrogens (tertiary/aromatic N) is 1. The van der Waals surface area contributed by atoms with E-state index in [0.29, 0.717) is 30.7 Å². The summed E-state index contributed by atoms with van der Waals surface area (Å²) in [5.74, 6) is 1.02. The van der Waals surface area contributed by atoms with Crippen molar-refractivity contribution in [3.63, 3.8) is 0 Å². The van der Waals surface area contributed by atoms with Gasteiger partial charge in [-0.15, -0.1) is 0 Å². The fourth-order valence-corrected chi connectivity index (χ4v) is 3.17. The quantitative estimate of drug-likeness (QED) is 0.830. The van der Waals surface area contributed by atoms with Crippen LogP contribution in [0, 0.1) is 5.92 Å². The Balaban J connectivity index is 2.03. The molecule has 1 aliphatic rings. The zero-order valence-corrected chi connectivity index (χ0v) is 14.4. The first-order chi connectivity index (χ1) is 11.1. The number of hydrogen-bond acceptors (Lipinski definition) is 4. The fourth-order valence-electron chi connectivity index (χ4n) is 3.17. The van der Waals surface area contributed by atoms with Crippen LogP contribution in [0.1, 0.15) is 52.9 Å². The third-order valence-electron chi connectivity index (χ3n) is 4.24. The van der Waals surface area contributed by atoms with Crippen LogP contribution in [0.2, 0.25) is 0 Å². The van der Waals surface area contributed by atoms with E-state index in [1.807, 2.05) is 19.9 Å². The van der Waals surface area contributed by atoms with Gasteiger partial charge in [0.1, 0.15) is 5.60 Å². The molecule has 1 aliphatic carbocycles. The van der Waals surface area contributed by atoms with E-state index in [2.05, 4.69) is 17.2 Å². The van der Waals surface area contributed by atoms with Gasteiger partial charge in [-0.05, 0) is 44.6 Å². The van der Waals surface area contributed by atoms with Crippen LogP contribution in [-0.4, -0.2) is 29.7 Å². The smallest absolute Gasteiger partial charge is 0.256 e. The lowest BCUT2D eigenvalue weighted by Gasteiger charge is -2.38. The number of carbonyl (C=O) groups excluding carboxylic acids is 1. The van der Waals surface area contributed by atoms with Crippen LogP contribution < -0.4 is 10.1 Å². The molecule has 1 fully saturated rings. The number of hydrogen-bond donors (Lipinski definition) is 1. The lowest BCUT2D eigenvalue weighted by molar-refractivity contribution is -0.147. The van der Waals surface area contributed by atoms with E-state index in [-0.39, 0.29) is 5.91 Å². The molecule has 1 N–H and O–H groups in total. The molecule has 5 heteroatoms. The first-order valence-electron chi connectivity index (χ1n) is 8.64. The summed E-state index contributed by atoms with van der Waals surface area (Å²) in [6, 6.07) is 3.60. The van der Waals surface area contributed by atoms with Crippen LogP contribution in [-0.2, 0) is 9.53 Å². The molecule has 23 heavy (non-hydrogen) atoms. The zero-order valence-electron chi connectivity index (χ0n) is 14.4. The summed E-state index contributed by atoms with van der Waals surface area (Å²) in [6.07, 6.45) is 6.31. The van der Waals surface area contributed by atoms with E-state index < -0.39 is 5.60 Å². The molecule has 1 aromatic rings. The van der Waals surface area contributed by atoms with Gasteiger partial charge in [0.2, 0.25) is 5.88 Å². The average molecular weight is 320 g/mol. The summed E-state index contributed by atoms with van der Waals surface area (Å²) in [5.41, 5.74) is -0.0276. The standard InChI is InChI=1S/C18H28N2O3/c1-4-11-22-16-9-8-15(13-19-16)20-17(21)18(23-5-2)10-6-7-14(3)12-18/h8-9,13-14H,4-7,10-12H2,1-3H3,(H,20,21)/t14-,18+/m1/s1. The Bertz CT molecular complexity index is 499. The summed E-state index contributed by atoms with van der Waals surface area (Å²) in [5, 5.41) is 2.96. The molecule has 2 atom stereocenters. The second kappa shape index (κ2) is 8.29.